The van der Waals surface area contributed by atoms with Crippen LogP contribution < -0.4 is 16.0 Å². The largest absolute Gasteiger partial charge is 0.440 e. The van der Waals surface area contributed by atoms with Crippen molar-refractivity contribution in [1.29, 1.82) is 0 Å². The lowest BCUT2D eigenvalue weighted by Crippen LogP contribution is -2.33. The minimum atomic E-state index is -4.53. The highest BCUT2D eigenvalue weighted by Crippen LogP contribution is 2.29. The standard InChI is InChI=1S/C49H32N8O11S/c58-41-37-8-1-2-9-38(37)42(59)56(41)25-67-45(62)31-14-12-29-22-34(18-16-27(29)20-31)51-48-53-47(50-33-6-5-7-36(24-33)69(64,65)66)54-49(55-48)52-35-19-17-28-21-32(15-13-30(28)23-35)46(63)68-26-57-43(60)39-10-3-4-11-40(39)44(57)61/h1-24H,25-26H2,(H,64,65,66)(H3,50,51,52,53,54,55). The van der Waals surface area contributed by atoms with Gasteiger partial charge in [0.1, 0.15) is 0 Å². The molecule has 0 unspecified atom stereocenters. The zero-order valence-electron chi connectivity index (χ0n) is 35.4. The van der Waals surface area contributed by atoms with E-state index in [1.807, 2.05) is 0 Å². The van der Waals surface area contributed by atoms with Crippen LogP contribution >= 0.6 is 0 Å². The van der Waals surface area contributed by atoms with Crippen molar-refractivity contribution in [1.82, 2.24) is 24.8 Å². The number of aromatic nitrogens is 3. The van der Waals surface area contributed by atoms with Gasteiger partial charge in [-0.05, 0) is 113 Å². The first-order chi connectivity index (χ1) is 33.2. The van der Waals surface area contributed by atoms with E-state index in [0.717, 1.165) is 9.80 Å². The molecule has 0 saturated carbocycles. The minimum absolute atomic E-state index is 0.0159. The quantitative estimate of drug-likeness (QED) is 0.0496. The molecule has 3 heterocycles. The third-order valence-electron chi connectivity index (χ3n) is 11.1. The first-order valence-corrected chi connectivity index (χ1v) is 22.2. The van der Waals surface area contributed by atoms with Gasteiger partial charge in [-0.25, -0.2) is 19.4 Å². The summed E-state index contributed by atoms with van der Waals surface area (Å²) in [6, 6.07) is 38.3. The molecule has 20 heteroatoms. The maximum absolute atomic E-state index is 13.0. The van der Waals surface area contributed by atoms with Crippen molar-refractivity contribution < 1.29 is 51.2 Å². The molecule has 0 aliphatic carbocycles. The van der Waals surface area contributed by atoms with Gasteiger partial charge in [0.05, 0.1) is 38.3 Å². The van der Waals surface area contributed by atoms with E-state index in [4.69, 9.17) is 9.47 Å². The lowest BCUT2D eigenvalue weighted by molar-refractivity contribution is 0.0207. The van der Waals surface area contributed by atoms with Crippen LogP contribution in [0.2, 0.25) is 0 Å². The van der Waals surface area contributed by atoms with E-state index in [0.29, 0.717) is 32.9 Å². The van der Waals surface area contributed by atoms with E-state index in [-0.39, 0.29) is 61.8 Å². The molecule has 0 atom stereocenters. The van der Waals surface area contributed by atoms with Gasteiger partial charge in [0.2, 0.25) is 17.8 Å². The van der Waals surface area contributed by atoms with Gasteiger partial charge in [0.25, 0.3) is 33.7 Å². The fourth-order valence-electron chi connectivity index (χ4n) is 7.69. The Bertz CT molecular complexity index is 3380. The second-order valence-corrected chi connectivity index (χ2v) is 16.9. The lowest BCUT2D eigenvalue weighted by Gasteiger charge is -2.14. The molecule has 7 aromatic carbocycles. The third kappa shape index (κ3) is 8.73. The summed E-state index contributed by atoms with van der Waals surface area (Å²) in [5.41, 5.74) is 2.64. The van der Waals surface area contributed by atoms with Crippen LogP contribution in [0, 0.1) is 0 Å². The Morgan fingerprint density at radius 3 is 1.22 bits per heavy atom. The van der Waals surface area contributed by atoms with Crippen molar-refractivity contribution in [3.63, 3.8) is 0 Å². The molecule has 0 bridgehead atoms. The van der Waals surface area contributed by atoms with Crippen LogP contribution in [0.4, 0.5) is 34.9 Å². The Morgan fingerprint density at radius 1 is 0.464 bits per heavy atom. The molecule has 2 aliphatic rings. The Balaban J connectivity index is 0.854. The Kier molecular flexibility index (Phi) is 11.0. The van der Waals surface area contributed by atoms with Crippen LogP contribution in [0.5, 0.6) is 0 Å². The van der Waals surface area contributed by atoms with Crippen LogP contribution in [0.3, 0.4) is 0 Å². The van der Waals surface area contributed by atoms with Gasteiger partial charge in [-0.3, -0.25) is 23.7 Å². The molecule has 0 fully saturated rings. The highest BCUT2D eigenvalue weighted by Gasteiger charge is 2.37. The molecule has 1 aromatic heterocycles. The first kappa shape index (κ1) is 43.5. The molecule has 69 heavy (non-hydrogen) atoms. The van der Waals surface area contributed by atoms with Crippen molar-refractivity contribution in [2.24, 2.45) is 0 Å². The van der Waals surface area contributed by atoms with E-state index in [1.165, 1.54) is 42.5 Å². The number of hydrogen-bond donors (Lipinski definition) is 4. The average molecular weight is 941 g/mol. The van der Waals surface area contributed by atoms with Gasteiger partial charge >= 0.3 is 11.9 Å². The number of anilines is 6. The maximum atomic E-state index is 13.0. The van der Waals surface area contributed by atoms with E-state index in [2.05, 4.69) is 30.9 Å². The summed E-state index contributed by atoms with van der Waals surface area (Å²) in [5.74, 6) is -3.58. The molecule has 8 aromatic rings. The van der Waals surface area contributed by atoms with Crippen LogP contribution in [0.15, 0.2) is 150 Å². The maximum Gasteiger partial charge on any atom is 0.339 e. The number of esters is 2. The van der Waals surface area contributed by atoms with Gasteiger partial charge in [-0.1, -0.05) is 54.6 Å². The minimum Gasteiger partial charge on any atom is -0.440 e. The summed E-state index contributed by atoms with van der Waals surface area (Å²) in [7, 11) is -4.53. The number of rotatable bonds is 13. The van der Waals surface area contributed by atoms with Crippen molar-refractivity contribution in [3.8, 4) is 0 Å². The van der Waals surface area contributed by atoms with Gasteiger partial charge in [0, 0.05) is 17.1 Å². The average Bonchev–Trinajstić information content (AvgIpc) is 3.74. The Morgan fingerprint density at radius 2 is 0.826 bits per heavy atom. The second kappa shape index (κ2) is 17.4. The molecule has 4 amide bonds. The van der Waals surface area contributed by atoms with Crippen LogP contribution in [-0.4, -0.2) is 86.8 Å². The predicted molar refractivity (Wildman–Crippen MR) is 248 cm³/mol. The number of nitrogens with zero attached hydrogens (tertiary/aromatic N) is 5. The van der Waals surface area contributed by atoms with Gasteiger partial charge < -0.3 is 25.4 Å². The Hall–Kier alpha value is -9.40. The number of nitrogens with one attached hydrogen (secondary N) is 3. The van der Waals surface area contributed by atoms with Crippen molar-refractivity contribution >= 4 is 102 Å². The van der Waals surface area contributed by atoms with Crippen LogP contribution in [-0.2, 0) is 19.6 Å². The van der Waals surface area contributed by atoms with Gasteiger partial charge in [-0.15, -0.1) is 0 Å². The second-order valence-electron chi connectivity index (χ2n) is 15.5. The lowest BCUT2D eigenvalue weighted by atomic mass is 10.1. The SMILES string of the molecule is O=C(OCN1C(=O)c2ccccc2C1=O)c1ccc2cc(Nc3nc(Nc4cccc(S(=O)(=O)O)c4)nc(Nc4ccc5cc(C(=O)OCN6C(=O)c7ccccc7C6=O)ccc5c4)n3)ccc2c1. The van der Waals surface area contributed by atoms with Gasteiger partial charge in [0.15, 0.2) is 13.5 Å². The highest BCUT2D eigenvalue weighted by molar-refractivity contribution is 7.85. The van der Waals surface area contributed by atoms with Gasteiger partial charge in [-0.2, -0.15) is 23.4 Å². The monoisotopic (exact) mass is 940 g/mol. The third-order valence-corrected chi connectivity index (χ3v) is 11.9. The van der Waals surface area contributed by atoms with E-state index in [1.54, 1.807) is 103 Å². The fourth-order valence-corrected chi connectivity index (χ4v) is 8.22. The normalized spacial score (nSPS) is 13.1. The molecule has 0 radical (unpaired) electrons. The summed E-state index contributed by atoms with van der Waals surface area (Å²) in [5, 5.41) is 12.0. The number of carbonyl (C=O) groups is 6. The fraction of sp³-hybridized carbons (Fsp3) is 0.0408. The van der Waals surface area contributed by atoms with E-state index in [9.17, 15) is 41.7 Å². The first-order valence-electron chi connectivity index (χ1n) is 20.7. The molecule has 0 saturated heterocycles. The number of carbonyl (C=O) groups excluding carboxylic acids is 6. The molecule has 0 spiro atoms. The molecule has 10 rings (SSSR count). The topological polar surface area (TPSA) is 256 Å². The molecule has 4 N–H and O–H groups in total. The predicted octanol–water partition coefficient (Wildman–Crippen LogP) is 7.48. The van der Waals surface area contributed by atoms with Crippen LogP contribution in [0.25, 0.3) is 21.5 Å². The number of imide groups is 2. The van der Waals surface area contributed by atoms with Crippen molar-refractivity contribution in [2.45, 2.75) is 4.90 Å². The zero-order valence-corrected chi connectivity index (χ0v) is 36.3. The number of fused-ring (bicyclic) bond motifs is 4. The molecule has 19 nitrogen and oxygen atoms in total. The van der Waals surface area contributed by atoms with Crippen molar-refractivity contribution in [3.05, 3.63) is 179 Å². The molecular weight excluding hydrogens is 909 g/mol. The smallest absolute Gasteiger partial charge is 0.339 e. The summed E-state index contributed by atoms with van der Waals surface area (Å²) < 4.78 is 44.1. The number of hydrogen-bond acceptors (Lipinski definition) is 16. The van der Waals surface area contributed by atoms with E-state index < -0.39 is 59.1 Å². The number of ether oxygens (including phenoxy) is 2. The number of benzene rings is 7. The summed E-state index contributed by atoms with van der Waals surface area (Å²) in [4.78, 5) is 91.9. The molecule has 2 aliphatic heterocycles. The van der Waals surface area contributed by atoms with Crippen molar-refractivity contribution in [2.75, 3.05) is 29.4 Å². The Labute approximate surface area is 390 Å². The summed E-state index contributed by atoms with van der Waals surface area (Å²) in [6.45, 7) is -1.10. The molecular formula is C49H32N8O11S. The van der Waals surface area contributed by atoms with Crippen LogP contribution in [0.1, 0.15) is 62.1 Å². The number of amides is 4. The molecule has 340 valence electrons. The highest BCUT2D eigenvalue weighted by atomic mass is 32.2. The summed E-state index contributed by atoms with van der Waals surface area (Å²) >= 11 is 0. The van der Waals surface area contributed by atoms with E-state index >= 15 is 0 Å². The summed E-state index contributed by atoms with van der Waals surface area (Å²) in [6.07, 6.45) is 0. The zero-order chi connectivity index (χ0) is 48.0.